The van der Waals surface area contributed by atoms with E-state index >= 15 is 0 Å². The lowest BCUT2D eigenvalue weighted by atomic mass is 9.75. The first-order valence-electron chi connectivity index (χ1n) is 11.3. The predicted molar refractivity (Wildman–Crippen MR) is 120 cm³/mol. The van der Waals surface area contributed by atoms with Gasteiger partial charge in [-0.05, 0) is 43.9 Å². The molecule has 3 aliphatic heterocycles. The second-order valence-electron chi connectivity index (χ2n) is 8.99. The average Bonchev–Trinajstić information content (AvgIpc) is 3.07. The number of nitrogens with one attached hydrogen (secondary N) is 1. The number of nitrogens with zero attached hydrogens (tertiary/aromatic N) is 3. The standard InChI is InChI=1S/C23H33ClN4O2/c1-2-21(29)28-10-7-23(8-11-28)17-19(25-22(23)30)6-9-26-12-14-27(15-13-26)20-5-3-4-18(24)16-20/h3-5,16,19H,2,6-15,17H2,1H3,(H,25,30)/t19-/m0/s1. The van der Waals surface area contributed by atoms with Gasteiger partial charge in [0.2, 0.25) is 11.8 Å². The van der Waals surface area contributed by atoms with E-state index in [1.807, 2.05) is 30.0 Å². The molecule has 0 radical (unpaired) electrons. The van der Waals surface area contributed by atoms with Gasteiger partial charge in [-0.2, -0.15) is 0 Å². The summed E-state index contributed by atoms with van der Waals surface area (Å²) in [5.41, 5.74) is 0.945. The lowest BCUT2D eigenvalue weighted by molar-refractivity contribution is -0.138. The third kappa shape index (κ3) is 4.59. The number of carbonyl (C=O) groups is 2. The molecule has 1 N–H and O–H groups in total. The Morgan fingerprint density at radius 1 is 1.17 bits per heavy atom. The van der Waals surface area contributed by atoms with Crippen LogP contribution >= 0.6 is 11.6 Å². The van der Waals surface area contributed by atoms with Crippen molar-refractivity contribution < 1.29 is 9.59 Å². The molecule has 3 saturated heterocycles. The third-order valence-corrected chi connectivity index (χ3v) is 7.40. The number of halogens is 1. The molecule has 0 unspecified atom stereocenters. The van der Waals surface area contributed by atoms with Gasteiger partial charge in [0.15, 0.2) is 0 Å². The van der Waals surface area contributed by atoms with Gasteiger partial charge in [-0.25, -0.2) is 0 Å². The Balaban J connectivity index is 1.22. The van der Waals surface area contributed by atoms with E-state index in [-0.39, 0.29) is 23.3 Å². The number of hydrogen-bond donors (Lipinski definition) is 1. The zero-order valence-corrected chi connectivity index (χ0v) is 18.7. The smallest absolute Gasteiger partial charge is 0.226 e. The number of rotatable bonds is 5. The molecule has 1 atom stereocenters. The molecule has 1 spiro atoms. The Morgan fingerprint density at radius 3 is 2.57 bits per heavy atom. The van der Waals surface area contributed by atoms with Crippen molar-refractivity contribution >= 4 is 29.1 Å². The molecule has 7 heteroatoms. The normalized spacial score (nSPS) is 24.3. The molecule has 3 fully saturated rings. The van der Waals surface area contributed by atoms with Crippen molar-refractivity contribution in [1.29, 1.82) is 0 Å². The molecule has 6 nitrogen and oxygen atoms in total. The van der Waals surface area contributed by atoms with Crippen molar-refractivity contribution in [3.63, 3.8) is 0 Å². The van der Waals surface area contributed by atoms with Crippen molar-refractivity contribution in [1.82, 2.24) is 15.1 Å². The zero-order chi connectivity index (χ0) is 21.1. The monoisotopic (exact) mass is 432 g/mol. The maximum Gasteiger partial charge on any atom is 0.226 e. The highest BCUT2D eigenvalue weighted by Gasteiger charge is 2.48. The highest BCUT2D eigenvalue weighted by Crippen LogP contribution is 2.41. The number of piperidine rings is 1. The summed E-state index contributed by atoms with van der Waals surface area (Å²) in [5, 5.41) is 4.04. The summed E-state index contributed by atoms with van der Waals surface area (Å²) in [6, 6.07) is 8.33. The van der Waals surface area contributed by atoms with Crippen LogP contribution in [-0.4, -0.2) is 73.5 Å². The van der Waals surface area contributed by atoms with Crippen LogP contribution in [0.1, 0.15) is 39.0 Å². The number of carbonyl (C=O) groups excluding carboxylic acids is 2. The molecule has 3 heterocycles. The van der Waals surface area contributed by atoms with Crippen molar-refractivity contribution in [2.75, 3.05) is 50.7 Å². The lowest BCUT2D eigenvalue weighted by Crippen LogP contribution is -2.47. The molecule has 0 aromatic heterocycles. The van der Waals surface area contributed by atoms with Crippen LogP contribution < -0.4 is 10.2 Å². The van der Waals surface area contributed by atoms with E-state index in [1.54, 1.807) is 0 Å². The highest BCUT2D eigenvalue weighted by molar-refractivity contribution is 6.30. The van der Waals surface area contributed by atoms with Crippen molar-refractivity contribution in [2.24, 2.45) is 5.41 Å². The maximum atomic E-state index is 12.7. The van der Waals surface area contributed by atoms with Crippen molar-refractivity contribution in [3.05, 3.63) is 29.3 Å². The van der Waals surface area contributed by atoms with Crippen LogP contribution in [0.2, 0.25) is 5.02 Å². The van der Waals surface area contributed by atoms with Crippen LogP contribution in [0, 0.1) is 5.41 Å². The van der Waals surface area contributed by atoms with Gasteiger partial charge in [0.25, 0.3) is 0 Å². The van der Waals surface area contributed by atoms with Gasteiger partial charge in [-0.3, -0.25) is 14.5 Å². The fourth-order valence-electron chi connectivity index (χ4n) is 5.21. The first-order valence-corrected chi connectivity index (χ1v) is 11.7. The number of anilines is 1. The van der Waals surface area contributed by atoms with Gasteiger partial charge in [0.05, 0.1) is 5.41 Å². The molecule has 0 bridgehead atoms. The van der Waals surface area contributed by atoms with Crippen LogP contribution in [0.5, 0.6) is 0 Å². The van der Waals surface area contributed by atoms with E-state index in [4.69, 9.17) is 11.6 Å². The summed E-state index contributed by atoms with van der Waals surface area (Å²) in [6.45, 7) is 8.44. The quantitative estimate of drug-likeness (QED) is 0.777. The summed E-state index contributed by atoms with van der Waals surface area (Å²) in [5.74, 6) is 0.415. The Kier molecular flexibility index (Phi) is 6.54. The van der Waals surface area contributed by atoms with Gasteiger partial charge in [0, 0.05) is 69.0 Å². The summed E-state index contributed by atoms with van der Waals surface area (Å²) in [6.07, 6.45) is 4.08. The predicted octanol–water partition coefficient (Wildman–Crippen LogP) is 2.76. The van der Waals surface area contributed by atoms with Gasteiger partial charge in [0.1, 0.15) is 0 Å². The SMILES string of the molecule is CCC(=O)N1CCC2(CC1)C[C@H](CCN1CCN(c3cccc(Cl)c3)CC1)NC2=O. The maximum absolute atomic E-state index is 12.7. The minimum atomic E-state index is -0.250. The summed E-state index contributed by atoms with van der Waals surface area (Å²) < 4.78 is 0. The zero-order valence-electron chi connectivity index (χ0n) is 17.9. The second kappa shape index (κ2) is 9.15. The van der Waals surface area contributed by atoms with E-state index in [2.05, 4.69) is 21.2 Å². The van der Waals surface area contributed by atoms with Crippen LogP contribution in [0.25, 0.3) is 0 Å². The van der Waals surface area contributed by atoms with Crippen LogP contribution in [-0.2, 0) is 9.59 Å². The Labute approximate surface area is 184 Å². The largest absolute Gasteiger partial charge is 0.369 e. The molecule has 3 aliphatic rings. The van der Waals surface area contributed by atoms with E-state index in [0.717, 1.165) is 76.5 Å². The number of amides is 2. The minimum absolute atomic E-state index is 0.205. The fourth-order valence-corrected chi connectivity index (χ4v) is 5.39. The van der Waals surface area contributed by atoms with E-state index < -0.39 is 0 Å². The molecule has 0 saturated carbocycles. The number of piperazine rings is 1. The molecule has 30 heavy (non-hydrogen) atoms. The lowest BCUT2D eigenvalue weighted by Gasteiger charge is -2.37. The molecule has 1 aromatic rings. The molecule has 164 valence electrons. The number of benzene rings is 1. The Hall–Kier alpha value is -1.79. The Bertz CT molecular complexity index is 770. The van der Waals surface area contributed by atoms with Crippen molar-refractivity contribution in [3.8, 4) is 0 Å². The molecule has 1 aromatic carbocycles. The Morgan fingerprint density at radius 2 is 1.90 bits per heavy atom. The molecular weight excluding hydrogens is 400 g/mol. The molecule has 0 aliphatic carbocycles. The van der Waals surface area contributed by atoms with E-state index in [9.17, 15) is 9.59 Å². The molecule has 2 amide bonds. The van der Waals surface area contributed by atoms with Crippen molar-refractivity contribution in [2.45, 2.75) is 45.1 Å². The van der Waals surface area contributed by atoms with E-state index in [0.29, 0.717) is 6.42 Å². The first-order chi connectivity index (χ1) is 14.5. The minimum Gasteiger partial charge on any atom is -0.369 e. The molecular formula is C23H33ClN4O2. The summed E-state index contributed by atoms with van der Waals surface area (Å²) >= 11 is 6.13. The number of likely N-dealkylation sites (tertiary alicyclic amines) is 1. The van der Waals surface area contributed by atoms with Gasteiger partial charge in [-0.15, -0.1) is 0 Å². The first kappa shape index (κ1) is 21.4. The summed E-state index contributed by atoms with van der Waals surface area (Å²) in [4.78, 5) is 31.5. The average molecular weight is 433 g/mol. The number of hydrogen-bond acceptors (Lipinski definition) is 4. The van der Waals surface area contributed by atoms with Gasteiger partial charge in [-0.1, -0.05) is 24.6 Å². The molecule has 4 rings (SSSR count). The fraction of sp³-hybridized carbons (Fsp3) is 0.652. The highest BCUT2D eigenvalue weighted by atomic mass is 35.5. The van der Waals surface area contributed by atoms with Crippen LogP contribution in [0.15, 0.2) is 24.3 Å². The topological polar surface area (TPSA) is 55.9 Å². The van der Waals surface area contributed by atoms with Gasteiger partial charge < -0.3 is 15.1 Å². The van der Waals surface area contributed by atoms with E-state index in [1.165, 1.54) is 5.69 Å². The van der Waals surface area contributed by atoms with Crippen LogP contribution in [0.3, 0.4) is 0 Å². The van der Waals surface area contributed by atoms with Crippen LogP contribution in [0.4, 0.5) is 5.69 Å². The summed E-state index contributed by atoms with van der Waals surface area (Å²) in [7, 11) is 0. The second-order valence-corrected chi connectivity index (χ2v) is 9.42. The third-order valence-electron chi connectivity index (χ3n) is 7.17. The van der Waals surface area contributed by atoms with Gasteiger partial charge >= 0.3 is 0 Å².